The molecule has 3 aliphatic rings. The summed E-state index contributed by atoms with van der Waals surface area (Å²) >= 11 is 2.69. The Labute approximate surface area is 207 Å². The quantitative estimate of drug-likeness (QED) is 0.369. The highest BCUT2D eigenvalue weighted by molar-refractivity contribution is 7.12. The van der Waals surface area contributed by atoms with Crippen LogP contribution in [0.1, 0.15) is 28.2 Å². The number of thiophene rings is 2. The number of quaternary nitrogens is 1. The summed E-state index contributed by atoms with van der Waals surface area (Å²) in [6, 6.07) is 17.1. The molecule has 3 aromatic rings. The number of piperidine rings is 3. The Morgan fingerprint density at radius 1 is 1.00 bits per heavy atom. The van der Waals surface area contributed by atoms with Gasteiger partial charge in [0.2, 0.25) is 5.60 Å². The van der Waals surface area contributed by atoms with Crippen LogP contribution in [0, 0.1) is 5.92 Å². The number of aliphatic hydroxyl groups is 1. The summed E-state index contributed by atoms with van der Waals surface area (Å²) in [4.78, 5) is 27.4. The average Bonchev–Trinajstić information content (AvgIpc) is 3.59. The smallest absolute Gasteiger partial charge is 0.349 e. The van der Waals surface area contributed by atoms with E-state index in [1.807, 2.05) is 53.2 Å². The van der Waals surface area contributed by atoms with Gasteiger partial charge >= 0.3 is 5.97 Å². The third kappa shape index (κ3) is 4.55. The van der Waals surface area contributed by atoms with Crippen LogP contribution in [0.15, 0.2) is 65.4 Å². The molecular weight excluding hydrogens is 468 g/mol. The summed E-state index contributed by atoms with van der Waals surface area (Å²) in [5.74, 6) is -0.335. The van der Waals surface area contributed by atoms with Crippen molar-refractivity contribution in [3.63, 3.8) is 0 Å². The Kier molecular flexibility index (Phi) is 6.57. The highest BCUT2D eigenvalue weighted by Crippen LogP contribution is 2.40. The lowest BCUT2D eigenvalue weighted by Crippen LogP contribution is -2.66. The van der Waals surface area contributed by atoms with Crippen LogP contribution in [0.4, 0.5) is 0 Å². The molecular formula is C26H29N2O4S2+. The highest BCUT2D eigenvalue weighted by Gasteiger charge is 2.51. The lowest BCUT2D eigenvalue weighted by molar-refractivity contribution is -0.939. The number of amides is 1. The number of carbonyl (C=O) groups excluding carboxylic acids is 2. The molecule has 0 radical (unpaired) electrons. The van der Waals surface area contributed by atoms with Crippen molar-refractivity contribution in [1.82, 2.24) is 5.32 Å². The van der Waals surface area contributed by atoms with E-state index in [-0.39, 0.29) is 17.9 Å². The van der Waals surface area contributed by atoms with E-state index in [0.717, 1.165) is 31.5 Å². The minimum absolute atomic E-state index is 0.0166. The number of hydrogen-bond donors (Lipinski definition) is 2. The summed E-state index contributed by atoms with van der Waals surface area (Å²) in [7, 11) is 0. The largest absolute Gasteiger partial charge is 0.453 e. The first-order valence-electron chi connectivity index (χ1n) is 11.7. The van der Waals surface area contributed by atoms with Gasteiger partial charge in [0, 0.05) is 25.3 Å². The second-order valence-corrected chi connectivity index (χ2v) is 11.2. The van der Waals surface area contributed by atoms with Crippen LogP contribution in [-0.2, 0) is 26.5 Å². The van der Waals surface area contributed by atoms with Gasteiger partial charge in [0.25, 0.3) is 5.91 Å². The fourth-order valence-corrected chi connectivity index (χ4v) is 6.96. The molecule has 0 saturated carbocycles. The van der Waals surface area contributed by atoms with Crippen molar-refractivity contribution in [2.75, 3.05) is 26.2 Å². The molecule has 34 heavy (non-hydrogen) atoms. The van der Waals surface area contributed by atoms with Gasteiger partial charge in [0.1, 0.15) is 6.54 Å². The zero-order valence-corrected chi connectivity index (χ0v) is 20.5. The predicted molar refractivity (Wildman–Crippen MR) is 132 cm³/mol. The molecule has 1 atom stereocenters. The SMILES string of the molecule is O=C(C[N+]12CCC(CC1)[C@@H](OC(=O)C(O)(c1cccs1)c1cccs1)C2)NCc1ccccc1. The van der Waals surface area contributed by atoms with E-state index in [0.29, 0.717) is 33.9 Å². The van der Waals surface area contributed by atoms with Gasteiger partial charge in [0.15, 0.2) is 12.6 Å². The third-order valence-electron chi connectivity index (χ3n) is 7.16. The first kappa shape index (κ1) is 23.2. The standard InChI is InChI=1S/C26H28N2O4S2/c29-24(27-16-19-6-2-1-3-7-19)18-28-12-10-20(11-13-28)21(17-28)32-25(30)26(31,22-8-4-14-33-22)23-9-5-15-34-23/h1-9,14-15,20-21,31H,10-13,16-18H2/p+1/t20?,21-,28?/m0/s1. The third-order valence-corrected chi connectivity index (χ3v) is 9.12. The summed E-state index contributed by atoms with van der Waals surface area (Å²) in [5, 5.41) is 18.3. The van der Waals surface area contributed by atoms with Gasteiger partial charge in [-0.05, 0) is 28.5 Å². The van der Waals surface area contributed by atoms with E-state index < -0.39 is 11.6 Å². The number of ether oxygens (including phenoxy) is 1. The van der Waals surface area contributed by atoms with Crippen LogP contribution in [0.2, 0.25) is 0 Å². The maximum Gasteiger partial charge on any atom is 0.349 e. The molecule has 3 saturated heterocycles. The molecule has 178 valence electrons. The fraction of sp³-hybridized carbons (Fsp3) is 0.385. The average molecular weight is 498 g/mol. The maximum atomic E-state index is 13.4. The molecule has 2 aromatic heterocycles. The summed E-state index contributed by atoms with van der Waals surface area (Å²) in [5.41, 5.74) is -0.729. The lowest BCUT2D eigenvalue weighted by Gasteiger charge is -2.51. The van der Waals surface area contributed by atoms with Crippen molar-refractivity contribution in [3.05, 3.63) is 80.7 Å². The van der Waals surface area contributed by atoms with Gasteiger partial charge in [-0.25, -0.2) is 4.79 Å². The van der Waals surface area contributed by atoms with Crippen molar-refractivity contribution in [1.29, 1.82) is 0 Å². The maximum absolute atomic E-state index is 13.4. The molecule has 5 heterocycles. The first-order valence-corrected chi connectivity index (χ1v) is 13.4. The molecule has 3 fully saturated rings. The van der Waals surface area contributed by atoms with Crippen LogP contribution in [0.25, 0.3) is 0 Å². The van der Waals surface area contributed by atoms with Gasteiger partial charge in [-0.3, -0.25) is 4.79 Å². The van der Waals surface area contributed by atoms with Gasteiger partial charge in [-0.15, -0.1) is 22.7 Å². The molecule has 1 aromatic carbocycles. The minimum atomic E-state index is -1.80. The van der Waals surface area contributed by atoms with Crippen molar-refractivity contribution in [2.45, 2.75) is 31.1 Å². The van der Waals surface area contributed by atoms with E-state index >= 15 is 0 Å². The van der Waals surface area contributed by atoms with Crippen LogP contribution < -0.4 is 5.32 Å². The van der Waals surface area contributed by atoms with Gasteiger partial charge in [0.05, 0.1) is 22.8 Å². The Balaban J connectivity index is 1.27. The summed E-state index contributed by atoms with van der Waals surface area (Å²) in [6.45, 7) is 3.33. The lowest BCUT2D eigenvalue weighted by atomic mass is 9.83. The number of carbonyl (C=O) groups is 2. The van der Waals surface area contributed by atoms with Gasteiger partial charge < -0.3 is 19.6 Å². The fourth-order valence-electron chi connectivity index (χ4n) is 5.25. The molecule has 1 amide bonds. The topological polar surface area (TPSA) is 75.6 Å². The number of fused-ring (bicyclic) bond motifs is 3. The predicted octanol–water partition coefficient (Wildman–Crippen LogP) is 3.51. The Morgan fingerprint density at radius 2 is 1.65 bits per heavy atom. The molecule has 2 bridgehead atoms. The molecule has 2 N–H and O–H groups in total. The second-order valence-electron chi connectivity index (χ2n) is 9.34. The van der Waals surface area contributed by atoms with Crippen molar-refractivity contribution < 1.29 is 23.9 Å². The van der Waals surface area contributed by atoms with E-state index in [9.17, 15) is 14.7 Å². The number of hydrogen-bond acceptors (Lipinski definition) is 6. The highest BCUT2D eigenvalue weighted by atomic mass is 32.1. The zero-order valence-electron chi connectivity index (χ0n) is 18.9. The van der Waals surface area contributed by atoms with E-state index in [1.54, 1.807) is 12.1 Å². The monoisotopic (exact) mass is 497 g/mol. The number of nitrogens with zero attached hydrogens (tertiary/aromatic N) is 1. The zero-order chi connectivity index (χ0) is 23.6. The molecule has 0 spiro atoms. The van der Waals surface area contributed by atoms with Gasteiger partial charge in [-0.1, -0.05) is 42.5 Å². The number of rotatable bonds is 8. The van der Waals surface area contributed by atoms with Crippen LogP contribution >= 0.6 is 22.7 Å². The molecule has 6 nitrogen and oxygen atoms in total. The molecule has 8 heteroatoms. The number of nitrogens with one attached hydrogen (secondary N) is 1. The van der Waals surface area contributed by atoms with E-state index in [4.69, 9.17) is 4.74 Å². The Bertz CT molecular complexity index is 1070. The van der Waals surface area contributed by atoms with Crippen LogP contribution in [-0.4, -0.2) is 53.7 Å². The van der Waals surface area contributed by atoms with E-state index in [1.165, 1.54) is 22.7 Å². The summed E-state index contributed by atoms with van der Waals surface area (Å²) in [6.07, 6.45) is 1.53. The van der Waals surface area contributed by atoms with Crippen molar-refractivity contribution in [2.24, 2.45) is 5.92 Å². The van der Waals surface area contributed by atoms with Gasteiger partial charge in [-0.2, -0.15) is 0 Å². The molecule has 6 rings (SSSR count). The normalized spacial score (nSPS) is 24.0. The van der Waals surface area contributed by atoms with Crippen molar-refractivity contribution in [3.8, 4) is 0 Å². The van der Waals surface area contributed by atoms with Crippen LogP contribution in [0.5, 0.6) is 0 Å². The molecule has 3 aliphatic heterocycles. The Morgan fingerprint density at radius 3 is 2.24 bits per heavy atom. The molecule has 0 unspecified atom stereocenters. The number of esters is 1. The van der Waals surface area contributed by atoms with Crippen molar-refractivity contribution >= 4 is 34.6 Å². The summed E-state index contributed by atoms with van der Waals surface area (Å²) < 4.78 is 6.68. The number of benzene rings is 1. The molecule has 0 aliphatic carbocycles. The minimum Gasteiger partial charge on any atom is -0.453 e. The van der Waals surface area contributed by atoms with E-state index in [2.05, 4.69) is 5.32 Å². The van der Waals surface area contributed by atoms with Crippen LogP contribution in [0.3, 0.4) is 0 Å². The Hall–Kier alpha value is -2.52. The first-order chi connectivity index (χ1) is 16.5. The second kappa shape index (κ2) is 9.62.